The summed E-state index contributed by atoms with van der Waals surface area (Å²) in [5.41, 5.74) is -0.699. The van der Waals surface area contributed by atoms with Crippen LogP contribution in [0.5, 0.6) is 0 Å². The summed E-state index contributed by atoms with van der Waals surface area (Å²) in [7, 11) is 0. The maximum absolute atomic E-state index is 11.2. The van der Waals surface area contributed by atoms with Gasteiger partial charge in [-0.2, -0.15) is 0 Å². The molecule has 11 heavy (non-hydrogen) atoms. The summed E-state index contributed by atoms with van der Waals surface area (Å²) in [5.74, 6) is -0.214. The van der Waals surface area contributed by atoms with E-state index in [1.807, 2.05) is 6.92 Å². The molecule has 1 saturated heterocycles. The highest BCUT2D eigenvalue weighted by Crippen LogP contribution is 2.10. The van der Waals surface area contributed by atoms with Gasteiger partial charge in [-0.15, -0.1) is 0 Å². The fourth-order valence-electron chi connectivity index (χ4n) is 1.01. The minimum absolute atomic E-state index is 0.0976. The molecule has 2 N–H and O–H groups in total. The summed E-state index contributed by atoms with van der Waals surface area (Å²) >= 11 is 0. The number of carbonyl (C=O) groups excluding carboxylic acids is 2. The number of piperazine rings is 1. The Morgan fingerprint density at radius 1 is 1.55 bits per heavy atom. The van der Waals surface area contributed by atoms with E-state index >= 15 is 0 Å². The SMILES string of the molecule is CC[C@]1(C)NC(=O)CNC1=O. The quantitative estimate of drug-likeness (QED) is 0.532. The molecule has 0 bridgehead atoms. The summed E-state index contributed by atoms with van der Waals surface area (Å²) in [6, 6.07) is 0. The Bertz CT molecular complexity index is 203. The van der Waals surface area contributed by atoms with Crippen molar-refractivity contribution < 1.29 is 9.59 Å². The molecular weight excluding hydrogens is 144 g/mol. The Kier molecular flexibility index (Phi) is 1.85. The van der Waals surface area contributed by atoms with Crippen molar-refractivity contribution in [2.75, 3.05) is 6.54 Å². The van der Waals surface area contributed by atoms with Crippen LogP contribution in [0.4, 0.5) is 0 Å². The Labute approximate surface area is 65.3 Å². The molecule has 0 aromatic carbocycles. The van der Waals surface area contributed by atoms with Crippen molar-refractivity contribution in [3.8, 4) is 0 Å². The maximum Gasteiger partial charge on any atom is 0.245 e. The topological polar surface area (TPSA) is 58.2 Å². The zero-order valence-corrected chi connectivity index (χ0v) is 6.73. The van der Waals surface area contributed by atoms with Gasteiger partial charge in [-0.25, -0.2) is 0 Å². The normalized spacial score (nSPS) is 31.1. The number of hydrogen-bond acceptors (Lipinski definition) is 2. The minimum Gasteiger partial charge on any atom is -0.345 e. The van der Waals surface area contributed by atoms with E-state index in [1.54, 1.807) is 6.92 Å². The first-order chi connectivity index (χ1) is 5.08. The molecule has 62 valence electrons. The Morgan fingerprint density at radius 2 is 2.18 bits per heavy atom. The highest BCUT2D eigenvalue weighted by molar-refractivity contribution is 5.97. The summed E-state index contributed by atoms with van der Waals surface area (Å²) < 4.78 is 0. The monoisotopic (exact) mass is 156 g/mol. The van der Waals surface area contributed by atoms with Gasteiger partial charge >= 0.3 is 0 Å². The van der Waals surface area contributed by atoms with Crippen molar-refractivity contribution in [3.05, 3.63) is 0 Å². The summed E-state index contributed by atoms with van der Waals surface area (Å²) in [5, 5.41) is 5.16. The van der Waals surface area contributed by atoms with E-state index < -0.39 is 5.54 Å². The van der Waals surface area contributed by atoms with Gasteiger partial charge in [0.2, 0.25) is 11.8 Å². The van der Waals surface area contributed by atoms with Gasteiger partial charge < -0.3 is 10.6 Å². The van der Waals surface area contributed by atoms with Crippen LogP contribution >= 0.6 is 0 Å². The average molecular weight is 156 g/mol. The van der Waals surface area contributed by atoms with Crippen molar-refractivity contribution in [1.82, 2.24) is 10.6 Å². The molecule has 2 amide bonds. The molecule has 0 aromatic heterocycles. The molecular formula is C7H12N2O2. The van der Waals surface area contributed by atoms with Gasteiger partial charge in [-0.1, -0.05) is 6.92 Å². The first-order valence-electron chi connectivity index (χ1n) is 3.68. The standard InChI is InChI=1S/C7H12N2O2/c1-3-7(2)6(11)8-4-5(10)9-7/h3-4H2,1-2H3,(H,8,11)(H,9,10)/t7-/m0/s1. The number of rotatable bonds is 1. The molecule has 1 fully saturated rings. The molecule has 4 heteroatoms. The lowest BCUT2D eigenvalue weighted by Gasteiger charge is -2.32. The van der Waals surface area contributed by atoms with E-state index in [9.17, 15) is 9.59 Å². The zero-order valence-electron chi connectivity index (χ0n) is 6.73. The molecule has 1 aliphatic heterocycles. The van der Waals surface area contributed by atoms with E-state index in [1.165, 1.54) is 0 Å². The zero-order chi connectivity index (χ0) is 8.48. The Morgan fingerprint density at radius 3 is 2.64 bits per heavy atom. The smallest absolute Gasteiger partial charge is 0.245 e. The predicted molar refractivity (Wildman–Crippen MR) is 39.8 cm³/mol. The summed E-state index contributed by atoms with van der Waals surface area (Å²) in [6.07, 6.45) is 0.616. The van der Waals surface area contributed by atoms with Crippen LogP contribution in [-0.4, -0.2) is 23.9 Å². The second-order valence-electron chi connectivity index (χ2n) is 2.92. The largest absolute Gasteiger partial charge is 0.345 e. The van der Waals surface area contributed by atoms with Crippen molar-refractivity contribution >= 4 is 11.8 Å². The van der Waals surface area contributed by atoms with Gasteiger partial charge in [0.05, 0.1) is 6.54 Å². The van der Waals surface area contributed by atoms with Gasteiger partial charge in [-0.3, -0.25) is 9.59 Å². The van der Waals surface area contributed by atoms with Crippen LogP contribution in [-0.2, 0) is 9.59 Å². The van der Waals surface area contributed by atoms with Crippen molar-refractivity contribution in [3.63, 3.8) is 0 Å². The van der Waals surface area contributed by atoms with Crippen LogP contribution < -0.4 is 10.6 Å². The van der Waals surface area contributed by atoms with Crippen LogP contribution in [0.25, 0.3) is 0 Å². The molecule has 0 aromatic rings. The van der Waals surface area contributed by atoms with E-state index in [2.05, 4.69) is 10.6 Å². The lowest BCUT2D eigenvalue weighted by atomic mass is 9.96. The van der Waals surface area contributed by atoms with Crippen molar-refractivity contribution in [1.29, 1.82) is 0 Å². The number of carbonyl (C=O) groups is 2. The summed E-state index contributed by atoms with van der Waals surface area (Å²) in [6.45, 7) is 3.69. The van der Waals surface area contributed by atoms with Gasteiger partial charge in [0.25, 0.3) is 0 Å². The fraction of sp³-hybridized carbons (Fsp3) is 0.714. The molecule has 1 heterocycles. The Hall–Kier alpha value is -1.06. The third-order valence-corrected chi connectivity index (χ3v) is 2.03. The highest BCUT2D eigenvalue weighted by atomic mass is 16.2. The molecule has 0 aliphatic carbocycles. The van der Waals surface area contributed by atoms with E-state index in [0.29, 0.717) is 6.42 Å². The van der Waals surface area contributed by atoms with Crippen LogP contribution in [0.2, 0.25) is 0 Å². The lowest BCUT2D eigenvalue weighted by Crippen LogP contribution is -2.63. The second kappa shape index (κ2) is 2.53. The molecule has 0 spiro atoms. The first-order valence-corrected chi connectivity index (χ1v) is 3.68. The van der Waals surface area contributed by atoms with E-state index in [-0.39, 0.29) is 18.4 Å². The lowest BCUT2D eigenvalue weighted by molar-refractivity contribution is -0.137. The molecule has 4 nitrogen and oxygen atoms in total. The van der Waals surface area contributed by atoms with Crippen molar-refractivity contribution in [2.45, 2.75) is 25.8 Å². The second-order valence-corrected chi connectivity index (χ2v) is 2.92. The number of nitrogens with one attached hydrogen (secondary N) is 2. The molecule has 1 atom stereocenters. The molecule has 0 unspecified atom stereocenters. The van der Waals surface area contributed by atoms with Crippen LogP contribution in [0, 0.1) is 0 Å². The molecule has 0 saturated carbocycles. The number of amides is 2. The van der Waals surface area contributed by atoms with Gasteiger partial charge in [0, 0.05) is 0 Å². The van der Waals surface area contributed by atoms with Crippen LogP contribution in [0.1, 0.15) is 20.3 Å². The van der Waals surface area contributed by atoms with E-state index in [0.717, 1.165) is 0 Å². The first kappa shape index (κ1) is 8.04. The van der Waals surface area contributed by atoms with Gasteiger partial charge in [-0.05, 0) is 13.3 Å². The average Bonchev–Trinajstić information content (AvgIpc) is 1.98. The minimum atomic E-state index is -0.699. The third kappa shape index (κ3) is 1.34. The molecule has 1 aliphatic rings. The molecule has 0 radical (unpaired) electrons. The van der Waals surface area contributed by atoms with Crippen molar-refractivity contribution in [2.24, 2.45) is 0 Å². The van der Waals surface area contributed by atoms with Gasteiger partial charge in [0.1, 0.15) is 5.54 Å². The molecule has 1 rings (SSSR count). The number of hydrogen-bond donors (Lipinski definition) is 2. The van der Waals surface area contributed by atoms with Crippen LogP contribution in [0.15, 0.2) is 0 Å². The van der Waals surface area contributed by atoms with Crippen LogP contribution in [0.3, 0.4) is 0 Å². The maximum atomic E-state index is 11.2. The van der Waals surface area contributed by atoms with E-state index in [4.69, 9.17) is 0 Å². The fourth-order valence-corrected chi connectivity index (χ4v) is 1.01. The summed E-state index contributed by atoms with van der Waals surface area (Å²) in [4.78, 5) is 22.0. The Balaban J connectivity index is 2.76. The highest BCUT2D eigenvalue weighted by Gasteiger charge is 2.36. The third-order valence-electron chi connectivity index (χ3n) is 2.03. The van der Waals surface area contributed by atoms with Gasteiger partial charge in [0.15, 0.2) is 0 Å². The predicted octanol–water partition coefficient (Wildman–Crippen LogP) is -0.599.